The first-order chi connectivity index (χ1) is 20.4. The van der Waals surface area contributed by atoms with Crippen LogP contribution in [0, 0.1) is 0 Å². The lowest BCUT2D eigenvalue weighted by Gasteiger charge is -2.26. The topological polar surface area (TPSA) is 97.6 Å². The van der Waals surface area contributed by atoms with E-state index in [2.05, 4.69) is 15.9 Å². The molecule has 0 saturated heterocycles. The van der Waals surface area contributed by atoms with Crippen LogP contribution in [-0.2, 0) is 9.53 Å². The first kappa shape index (κ1) is 27.8. The van der Waals surface area contributed by atoms with E-state index in [1.807, 2.05) is 48.5 Å². The number of carbonyl (C=O) groups is 1. The van der Waals surface area contributed by atoms with Gasteiger partial charge in [0.05, 0.1) is 42.7 Å². The van der Waals surface area contributed by atoms with Gasteiger partial charge in [0.2, 0.25) is 6.79 Å². The third-order valence-corrected chi connectivity index (χ3v) is 8.55. The average molecular weight is 650 g/mol. The molecule has 11 heteroatoms. The molecule has 0 saturated carbocycles. The van der Waals surface area contributed by atoms with Gasteiger partial charge in [0.15, 0.2) is 27.8 Å². The van der Waals surface area contributed by atoms with E-state index in [4.69, 9.17) is 28.7 Å². The van der Waals surface area contributed by atoms with Crippen molar-refractivity contribution in [2.75, 3.05) is 27.6 Å². The number of fused-ring (bicyclic) bond motifs is 2. The predicted octanol–water partition coefficient (Wildman–Crippen LogP) is 4.44. The molecule has 1 atom stereocenters. The molecule has 214 valence electrons. The van der Waals surface area contributed by atoms with E-state index in [9.17, 15) is 9.59 Å². The summed E-state index contributed by atoms with van der Waals surface area (Å²) in [5.74, 6) is 1.64. The fourth-order valence-corrected chi connectivity index (χ4v) is 6.39. The Morgan fingerprint density at radius 2 is 1.81 bits per heavy atom. The number of thiazole rings is 1. The van der Waals surface area contributed by atoms with Crippen molar-refractivity contribution in [1.82, 2.24) is 4.57 Å². The number of rotatable bonds is 7. The molecule has 4 aromatic rings. The molecule has 9 nitrogen and oxygen atoms in total. The molecule has 0 radical (unpaired) electrons. The number of hydrogen-bond acceptors (Lipinski definition) is 9. The third kappa shape index (κ3) is 4.88. The second-order valence-corrected chi connectivity index (χ2v) is 11.1. The van der Waals surface area contributed by atoms with Crippen LogP contribution in [0.3, 0.4) is 0 Å². The van der Waals surface area contributed by atoms with Crippen LogP contribution in [0.4, 0.5) is 0 Å². The molecule has 2 aliphatic rings. The number of esters is 1. The standard InChI is InChI=1S/C31H25BrN2O7S/c1-4-39-30(36)26-27(17-8-6-5-7-9-17)33-31-34(28(26)18-10-11-21(37-2)22(12-18)38-3)29(35)25(42-31)14-19-13-23-24(15-20(19)32)41-16-40-23/h5-15,28H,4,16H2,1-3H3/b25-14-/t28-/m0/s1. The van der Waals surface area contributed by atoms with E-state index < -0.39 is 12.0 Å². The maximum absolute atomic E-state index is 14.2. The lowest BCUT2D eigenvalue weighted by atomic mass is 9.93. The summed E-state index contributed by atoms with van der Waals surface area (Å²) in [6.45, 7) is 2.04. The summed E-state index contributed by atoms with van der Waals surface area (Å²) in [6.07, 6.45) is 1.78. The molecule has 0 spiro atoms. The number of ether oxygens (including phenoxy) is 5. The molecular formula is C31H25BrN2O7S. The fraction of sp³-hybridized carbons (Fsp3) is 0.194. The lowest BCUT2D eigenvalue weighted by molar-refractivity contribution is -0.138. The number of hydrogen-bond donors (Lipinski definition) is 0. The van der Waals surface area contributed by atoms with E-state index in [1.165, 1.54) is 23.0 Å². The van der Waals surface area contributed by atoms with Crippen molar-refractivity contribution in [3.8, 4) is 23.0 Å². The molecule has 0 amide bonds. The van der Waals surface area contributed by atoms with Gasteiger partial charge in [0.25, 0.3) is 5.56 Å². The molecule has 0 unspecified atom stereocenters. The van der Waals surface area contributed by atoms with Crippen molar-refractivity contribution in [3.05, 3.63) is 107 Å². The molecular weight excluding hydrogens is 624 g/mol. The Labute approximate surface area is 253 Å². The lowest BCUT2D eigenvalue weighted by Crippen LogP contribution is -2.40. The van der Waals surface area contributed by atoms with Crippen LogP contribution < -0.4 is 33.8 Å². The zero-order valence-electron chi connectivity index (χ0n) is 22.9. The number of aromatic nitrogens is 1. The number of nitrogens with zero attached hydrogens (tertiary/aromatic N) is 2. The number of halogens is 1. The average Bonchev–Trinajstić information content (AvgIpc) is 3.59. The fourth-order valence-electron chi connectivity index (χ4n) is 4.96. The van der Waals surface area contributed by atoms with E-state index >= 15 is 0 Å². The first-order valence-corrected chi connectivity index (χ1v) is 14.6. The van der Waals surface area contributed by atoms with E-state index in [-0.39, 0.29) is 24.5 Å². The van der Waals surface area contributed by atoms with Gasteiger partial charge in [-0.15, -0.1) is 0 Å². The highest BCUT2D eigenvalue weighted by atomic mass is 79.9. The minimum atomic E-state index is -0.849. The summed E-state index contributed by atoms with van der Waals surface area (Å²) < 4.78 is 30.3. The first-order valence-electron chi connectivity index (χ1n) is 13.0. The smallest absolute Gasteiger partial charge is 0.338 e. The SMILES string of the molecule is CCOC(=O)C1=C(c2ccccc2)N=c2s/c(=C\c3cc4c(cc3Br)OCO4)c(=O)n2[C@H]1c1ccc(OC)c(OC)c1. The molecule has 0 N–H and O–H groups in total. The highest BCUT2D eigenvalue weighted by Crippen LogP contribution is 2.39. The van der Waals surface area contributed by atoms with Gasteiger partial charge in [-0.25, -0.2) is 9.79 Å². The van der Waals surface area contributed by atoms with Crippen LogP contribution in [0.5, 0.6) is 23.0 Å². The zero-order chi connectivity index (χ0) is 29.4. The zero-order valence-corrected chi connectivity index (χ0v) is 25.3. The second kappa shape index (κ2) is 11.5. The van der Waals surface area contributed by atoms with Crippen molar-refractivity contribution in [1.29, 1.82) is 0 Å². The van der Waals surface area contributed by atoms with Crippen LogP contribution in [0.1, 0.15) is 29.7 Å². The summed E-state index contributed by atoms with van der Waals surface area (Å²) in [7, 11) is 3.08. The monoisotopic (exact) mass is 648 g/mol. The minimum Gasteiger partial charge on any atom is -0.493 e. The second-order valence-electron chi connectivity index (χ2n) is 9.27. The molecule has 42 heavy (non-hydrogen) atoms. The van der Waals surface area contributed by atoms with Crippen LogP contribution in [0.15, 0.2) is 80.5 Å². The van der Waals surface area contributed by atoms with Crippen molar-refractivity contribution < 1.29 is 28.5 Å². The van der Waals surface area contributed by atoms with Gasteiger partial charge in [-0.05, 0) is 48.4 Å². The Bertz CT molecular complexity index is 1910. The van der Waals surface area contributed by atoms with Gasteiger partial charge >= 0.3 is 5.97 Å². The largest absolute Gasteiger partial charge is 0.493 e. The van der Waals surface area contributed by atoms with Gasteiger partial charge in [-0.3, -0.25) is 9.36 Å². The van der Waals surface area contributed by atoms with Gasteiger partial charge in [0, 0.05) is 10.0 Å². The number of carbonyl (C=O) groups excluding carboxylic acids is 1. The molecule has 2 aliphatic heterocycles. The van der Waals surface area contributed by atoms with Gasteiger partial charge in [-0.1, -0.05) is 63.7 Å². The van der Waals surface area contributed by atoms with E-state index in [0.29, 0.717) is 43.6 Å². The molecule has 3 heterocycles. The highest BCUT2D eigenvalue weighted by molar-refractivity contribution is 9.10. The number of methoxy groups -OCH3 is 2. The quantitative estimate of drug-likeness (QED) is 0.273. The predicted molar refractivity (Wildman–Crippen MR) is 161 cm³/mol. The molecule has 3 aromatic carbocycles. The van der Waals surface area contributed by atoms with Crippen molar-refractivity contribution in [2.45, 2.75) is 13.0 Å². The van der Waals surface area contributed by atoms with E-state index in [1.54, 1.807) is 32.2 Å². The van der Waals surface area contributed by atoms with Gasteiger partial charge in [-0.2, -0.15) is 0 Å². The summed E-state index contributed by atoms with van der Waals surface area (Å²) in [6, 6.07) is 17.5. The molecule has 0 aliphatic carbocycles. The highest BCUT2D eigenvalue weighted by Gasteiger charge is 2.35. The van der Waals surface area contributed by atoms with E-state index in [0.717, 1.165) is 15.6 Å². The molecule has 1 aromatic heterocycles. The third-order valence-electron chi connectivity index (χ3n) is 6.88. The molecule has 0 fully saturated rings. The summed E-state index contributed by atoms with van der Waals surface area (Å²) in [4.78, 5) is 33.2. The van der Waals surface area contributed by atoms with Crippen LogP contribution in [-0.4, -0.2) is 38.2 Å². The Hall–Kier alpha value is -4.35. The Morgan fingerprint density at radius 1 is 1.07 bits per heavy atom. The normalized spacial score (nSPS) is 15.7. The Kier molecular flexibility index (Phi) is 7.61. The molecule has 0 bridgehead atoms. The minimum absolute atomic E-state index is 0.137. The van der Waals surface area contributed by atoms with Crippen LogP contribution >= 0.6 is 27.3 Å². The summed E-state index contributed by atoms with van der Waals surface area (Å²) in [5, 5.41) is 0. The van der Waals surface area contributed by atoms with Gasteiger partial charge in [0.1, 0.15) is 0 Å². The maximum atomic E-state index is 14.2. The number of benzene rings is 3. The van der Waals surface area contributed by atoms with Crippen LogP contribution in [0.25, 0.3) is 11.8 Å². The van der Waals surface area contributed by atoms with Crippen molar-refractivity contribution in [3.63, 3.8) is 0 Å². The van der Waals surface area contributed by atoms with Crippen molar-refractivity contribution >= 4 is 45.0 Å². The Morgan fingerprint density at radius 3 is 2.52 bits per heavy atom. The summed E-state index contributed by atoms with van der Waals surface area (Å²) in [5.41, 5.74) is 2.47. The molecule has 6 rings (SSSR count). The van der Waals surface area contributed by atoms with Crippen LogP contribution in [0.2, 0.25) is 0 Å². The summed E-state index contributed by atoms with van der Waals surface area (Å²) >= 11 is 4.81. The van der Waals surface area contributed by atoms with Crippen molar-refractivity contribution in [2.24, 2.45) is 4.99 Å². The Balaban J connectivity index is 1.64. The van der Waals surface area contributed by atoms with Gasteiger partial charge < -0.3 is 23.7 Å². The maximum Gasteiger partial charge on any atom is 0.338 e.